The summed E-state index contributed by atoms with van der Waals surface area (Å²) in [6, 6.07) is 0. The molecule has 3 rings (SSSR count). The highest BCUT2D eigenvalue weighted by Crippen LogP contribution is 2.37. The van der Waals surface area contributed by atoms with Crippen LogP contribution in [0.1, 0.15) is 0 Å². The predicted molar refractivity (Wildman–Crippen MR) is 88.6 cm³/mol. The van der Waals surface area contributed by atoms with Crippen LogP contribution in [0, 0.1) is 0 Å². The van der Waals surface area contributed by atoms with Gasteiger partial charge in [-0.25, -0.2) is 0 Å². The maximum Gasteiger partial charge on any atom is 0.239 e. The normalized spacial score (nSPS) is 17.4. The molecule has 0 radical (unpaired) electrons. The molecular weight excluding hydrogens is 336 g/mol. The third kappa shape index (κ3) is 2.16. The Morgan fingerprint density at radius 1 is 0.500 bits per heavy atom. The molecule has 0 saturated heterocycles. The third-order valence-electron chi connectivity index (χ3n) is 2.54. The molecule has 2 aliphatic rings. The lowest BCUT2D eigenvalue weighted by atomic mass is 10.2. The van der Waals surface area contributed by atoms with E-state index in [1.54, 1.807) is 21.6 Å². The number of hydrogen-bond acceptors (Lipinski definition) is 8. The van der Waals surface area contributed by atoms with Crippen molar-refractivity contribution >= 4 is 55.5 Å². The Labute approximate surface area is 128 Å². The average molecular weight is 340 g/mol. The third-order valence-corrected chi connectivity index (χ3v) is 6.80. The van der Waals surface area contributed by atoms with Gasteiger partial charge in [-0.15, -0.1) is 0 Å². The first-order chi connectivity index (χ1) is 9.61. The minimum absolute atomic E-state index is 0.287. The van der Waals surface area contributed by atoms with Gasteiger partial charge in [0.15, 0.2) is 0 Å². The lowest BCUT2D eigenvalue weighted by Crippen LogP contribution is -2.64. The molecule has 0 fully saturated rings. The minimum atomic E-state index is -0.885. The first kappa shape index (κ1) is 14.0. The van der Waals surface area contributed by atoms with Gasteiger partial charge in [0, 0.05) is 0 Å². The van der Waals surface area contributed by atoms with Crippen molar-refractivity contribution in [3.8, 4) is 0 Å². The zero-order valence-electron chi connectivity index (χ0n) is 9.58. The van der Waals surface area contributed by atoms with E-state index >= 15 is 0 Å². The summed E-state index contributed by atoms with van der Waals surface area (Å²) in [5, 5.41) is 6.22. The van der Waals surface area contributed by atoms with E-state index in [2.05, 4.69) is 0 Å². The second-order valence-corrected chi connectivity index (χ2v) is 7.84. The van der Waals surface area contributed by atoms with Gasteiger partial charge < -0.3 is 0 Å². The Hall–Kier alpha value is -0.960. The van der Waals surface area contributed by atoms with Crippen LogP contribution in [-0.2, 0) is 0 Å². The van der Waals surface area contributed by atoms with Crippen LogP contribution < -0.4 is 32.2 Å². The van der Waals surface area contributed by atoms with E-state index in [1.165, 1.54) is 47.0 Å². The standard InChI is InChI=1S/C12H4O4S4/c13-7-5(11-17-1-2-18-11)8(14)10(16)6(9(7)15)12-19-3-4-20-12/h1-4H. The highest BCUT2D eigenvalue weighted by molar-refractivity contribution is 8.35. The molecule has 0 atom stereocenters. The minimum Gasteiger partial charge on any atom is -0.285 e. The first-order valence-electron chi connectivity index (χ1n) is 5.24. The molecular formula is C12H4O4S4. The van der Waals surface area contributed by atoms with E-state index in [0.717, 1.165) is 0 Å². The van der Waals surface area contributed by atoms with Crippen molar-refractivity contribution in [3.05, 3.63) is 73.0 Å². The Bertz CT molecular complexity index is 828. The summed E-state index contributed by atoms with van der Waals surface area (Å²) in [5.41, 5.74) is -3.54. The molecule has 100 valence electrons. The number of thioether (sulfide) groups is 4. The summed E-state index contributed by atoms with van der Waals surface area (Å²) < 4.78 is 0.797. The number of hydrogen-bond donors (Lipinski definition) is 0. The van der Waals surface area contributed by atoms with Crippen molar-refractivity contribution in [3.63, 3.8) is 0 Å². The molecule has 1 aromatic carbocycles. The lowest BCUT2D eigenvalue weighted by molar-refractivity contribution is 1.26. The summed E-state index contributed by atoms with van der Waals surface area (Å²) in [7, 11) is 0. The van der Waals surface area contributed by atoms with Crippen LogP contribution in [0.5, 0.6) is 0 Å². The average Bonchev–Trinajstić information content (AvgIpc) is 3.10. The van der Waals surface area contributed by atoms with Gasteiger partial charge in [-0.3, -0.25) is 19.2 Å². The molecule has 1 aromatic rings. The van der Waals surface area contributed by atoms with E-state index in [1.807, 2.05) is 0 Å². The van der Waals surface area contributed by atoms with Crippen LogP contribution in [0.4, 0.5) is 0 Å². The lowest BCUT2D eigenvalue weighted by Gasteiger charge is -1.94. The fourth-order valence-corrected chi connectivity index (χ4v) is 5.39. The Morgan fingerprint density at radius 3 is 1.00 bits per heavy atom. The predicted octanol–water partition coefficient (Wildman–Crippen LogP) is 0.0368. The van der Waals surface area contributed by atoms with Crippen molar-refractivity contribution in [1.82, 2.24) is 0 Å². The maximum absolute atomic E-state index is 12.1. The number of rotatable bonds is 0. The summed E-state index contributed by atoms with van der Waals surface area (Å²) in [6.07, 6.45) is 0. The van der Waals surface area contributed by atoms with Crippen molar-refractivity contribution < 1.29 is 0 Å². The fraction of sp³-hybridized carbons (Fsp3) is 0. The van der Waals surface area contributed by atoms with E-state index in [9.17, 15) is 19.2 Å². The van der Waals surface area contributed by atoms with Crippen LogP contribution in [0.3, 0.4) is 0 Å². The topological polar surface area (TPSA) is 68.3 Å². The second kappa shape index (κ2) is 5.44. The molecule has 0 amide bonds. The summed E-state index contributed by atoms with van der Waals surface area (Å²) in [6.45, 7) is 0. The molecule has 0 bridgehead atoms. The summed E-state index contributed by atoms with van der Waals surface area (Å²) >= 11 is 4.68. The van der Waals surface area contributed by atoms with E-state index < -0.39 is 21.7 Å². The summed E-state index contributed by atoms with van der Waals surface area (Å²) in [4.78, 5) is 48.5. The molecule has 2 heterocycles. The SMILES string of the molecule is O=c1c(=O)c(=C2SC=CS2)c(=O)c(=O)c1=C1SC=CS1. The smallest absolute Gasteiger partial charge is 0.239 e. The van der Waals surface area contributed by atoms with Crippen molar-refractivity contribution in [2.45, 2.75) is 0 Å². The van der Waals surface area contributed by atoms with Gasteiger partial charge in [-0.1, -0.05) is 47.0 Å². The van der Waals surface area contributed by atoms with Gasteiger partial charge in [-0.05, 0) is 21.6 Å². The van der Waals surface area contributed by atoms with Crippen LogP contribution >= 0.6 is 47.0 Å². The van der Waals surface area contributed by atoms with Crippen molar-refractivity contribution in [2.24, 2.45) is 0 Å². The van der Waals surface area contributed by atoms with E-state index in [-0.39, 0.29) is 10.4 Å². The molecule has 8 heteroatoms. The van der Waals surface area contributed by atoms with Gasteiger partial charge >= 0.3 is 0 Å². The van der Waals surface area contributed by atoms with E-state index in [0.29, 0.717) is 8.47 Å². The number of benzene rings is 1. The van der Waals surface area contributed by atoms with Crippen LogP contribution in [0.2, 0.25) is 0 Å². The molecule has 0 aromatic heterocycles. The highest BCUT2D eigenvalue weighted by atomic mass is 32.2. The van der Waals surface area contributed by atoms with Crippen molar-refractivity contribution in [1.29, 1.82) is 0 Å². The quantitative estimate of drug-likeness (QED) is 0.613. The molecule has 0 unspecified atom stereocenters. The fourth-order valence-electron chi connectivity index (χ4n) is 1.68. The molecule has 0 saturated carbocycles. The second-order valence-electron chi connectivity index (χ2n) is 3.66. The zero-order chi connectivity index (χ0) is 14.3. The highest BCUT2D eigenvalue weighted by Gasteiger charge is 2.18. The van der Waals surface area contributed by atoms with Crippen LogP contribution in [0.15, 0.2) is 40.8 Å². The molecule has 0 spiro atoms. The molecule has 0 aliphatic carbocycles. The van der Waals surface area contributed by atoms with Gasteiger partial charge in [0.1, 0.15) is 0 Å². The van der Waals surface area contributed by atoms with Gasteiger partial charge in [0.25, 0.3) is 0 Å². The maximum atomic E-state index is 12.1. The monoisotopic (exact) mass is 340 g/mol. The largest absolute Gasteiger partial charge is 0.285 e. The zero-order valence-corrected chi connectivity index (χ0v) is 12.8. The Kier molecular flexibility index (Phi) is 3.80. The Morgan fingerprint density at radius 2 is 0.750 bits per heavy atom. The molecule has 0 N–H and O–H groups in total. The molecule has 4 nitrogen and oxygen atoms in total. The van der Waals surface area contributed by atoms with Gasteiger partial charge in [-0.2, -0.15) is 0 Å². The molecule has 2 aliphatic heterocycles. The summed E-state index contributed by atoms with van der Waals surface area (Å²) in [5.74, 6) is 0. The van der Waals surface area contributed by atoms with Gasteiger partial charge in [0.05, 0.1) is 18.9 Å². The Balaban J connectivity index is 2.54. The molecule has 20 heavy (non-hydrogen) atoms. The van der Waals surface area contributed by atoms with E-state index in [4.69, 9.17) is 0 Å². The van der Waals surface area contributed by atoms with Gasteiger partial charge in [0.2, 0.25) is 21.7 Å². The van der Waals surface area contributed by atoms with Crippen LogP contribution in [-0.4, -0.2) is 0 Å². The first-order valence-corrected chi connectivity index (χ1v) is 8.76. The van der Waals surface area contributed by atoms with Crippen LogP contribution in [0.25, 0.3) is 8.47 Å². The van der Waals surface area contributed by atoms with Crippen molar-refractivity contribution in [2.75, 3.05) is 0 Å².